The van der Waals surface area contributed by atoms with Gasteiger partial charge in [0.2, 0.25) is 0 Å². The van der Waals surface area contributed by atoms with Crippen LogP contribution in [0.5, 0.6) is 0 Å². The van der Waals surface area contributed by atoms with E-state index in [2.05, 4.69) is 11.6 Å². The number of rotatable bonds is 2. The molecular weight excluding hydrogens is 126 g/mol. The van der Waals surface area contributed by atoms with E-state index in [0.717, 1.165) is 11.3 Å². The summed E-state index contributed by atoms with van der Waals surface area (Å²) in [5.74, 6) is 0. The van der Waals surface area contributed by atoms with E-state index in [9.17, 15) is 0 Å². The third kappa shape index (κ3) is 1.25. The van der Waals surface area contributed by atoms with Gasteiger partial charge >= 0.3 is 0 Å². The Hall–Kier alpha value is -1.09. The minimum Gasteiger partial charge on any atom is -0.340 e. The summed E-state index contributed by atoms with van der Waals surface area (Å²) in [7, 11) is 1.92. The Morgan fingerprint density at radius 3 is 3.00 bits per heavy atom. The molecule has 0 aliphatic rings. The van der Waals surface area contributed by atoms with Crippen molar-refractivity contribution in [2.75, 3.05) is 6.54 Å². The van der Waals surface area contributed by atoms with Crippen LogP contribution >= 0.6 is 0 Å². The van der Waals surface area contributed by atoms with Gasteiger partial charge in [0.1, 0.15) is 0 Å². The molecule has 3 nitrogen and oxygen atoms in total. The first-order chi connectivity index (χ1) is 4.74. The molecule has 0 atom stereocenters. The van der Waals surface area contributed by atoms with Crippen LogP contribution in [0.25, 0.3) is 5.57 Å². The Morgan fingerprint density at radius 1 is 1.90 bits per heavy atom. The van der Waals surface area contributed by atoms with Crippen LogP contribution < -0.4 is 5.73 Å². The third-order valence-corrected chi connectivity index (χ3v) is 1.31. The fourth-order valence-corrected chi connectivity index (χ4v) is 0.700. The Kier molecular flexibility index (Phi) is 1.87. The number of hydrogen-bond donors (Lipinski definition) is 1. The van der Waals surface area contributed by atoms with Gasteiger partial charge in [-0.25, -0.2) is 4.98 Å². The molecule has 0 spiro atoms. The molecule has 2 N–H and O–H groups in total. The average molecular weight is 137 g/mol. The van der Waals surface area contributed by atoms with Crippen LogP contribution in [-0.2, 0) is 7.05 Å². The molecule has 1 aromatic heterocycles. The minimum atomic E-state index is 0.469. The molecule has 0 saturated heterocycles. The maximum absolute atomic E-state index is 5.36. The van der Waals surface area contributed by atoms with Crippen molar-refractivity contribution in [2.24, 2.45) is 12.8 Å². The fourth-order valence-electron chi connectivity index (χ4n) is 0.700. The van der Waals surface area contributed by atoms with Crippen LogP contribution in [0, 0.1) is 0 Å². The Bertz CT molecular complexity index is 237. The maximum Gasteiger partial charge on any atom is 0.0951 e. The van der Waals surface area contributed by atoms with Crippen molar-refractivity contribution in [3.63, 3.8) is 0 Å². The zero-order chi connectivity index (χ0) is 7.56. The third-order valence-electron chi connectivity index (χ3n) is 1.31. The Labute approximate surface area is 60.2 Å². The van der Waals surface area contributed by atoms with Gasteiger partial charge in [0.25, 0.3) is 0 Å². The summed E-state index contributed by atoms with van der Waals surface area (Å²) >= 11 is 0. The molecule has 1 heterocycles. The highest BCUT2D eigenvalue weighted by molar-refractivity contribution is 5.60. The van der Waals surface area contributed by atoms with Gasteiger partial charge in [-0.05, 0) is 5.57 Å². The lowest BCUT2D eigenvalue weighted by Gasteiger charge is -1.93. The zero-order valence-corrected chi connectivity index (χ0v) is 6.04. The number of nitrogens with two attached hydrogens (primary N) is 1. The molecule has 0 amide bonds. The van der Waals surface area contributed by atoms with Crippen molar-refractivity contribution < 1.29 is 0 Å². The molecule has 1 aromatic rings. The summed E-state index contributed by atoms with van der Waals surface area (Å²) in [4.78, 5) is 4.07. The molecule has 0 saturated carbocycles. The average Bonchev–Trinajstić information content (AvgIpc) is 2.34. The van der Waals surface area contributed by atoms with E-state index in [-0.39, 0.29) is 0 Å². The molecule has 0 radical (unpaired) electrons. The second kappa shape index (κ2) is 2.66. The Morgan fingerprint density at radius 2 is 2.60 bits per heavy atom. The lowest BCUT2D eigenvalue weighted by molar-refractivity contribution is 0.913. The van der Waals surface area contributed by atoms with Crippen LogP contribution in [0.2, 0.25) is 0 Å². The fraction of sp³-hybridized carbons (Fsp3) is 0.286. The van der Waals surface area contributed by atoms with Crippen LogP contribution in [0.1, 0.15) is 5.69 Å². The van der Waals surface area contributed by atoms with Gasteiger partial charge < -0.3 is 10.3 Å². The monoisotopic (exact) mass is 137 g/mol. The van der Waals surface area contributed by atoms with Gasteiger partial charge in [-0.1, -0.05) is 6.58 Å². The zero-order valence-electron chi connectivity index (χ0n) is 6.04. The highest BCUT2D eigenvalue weighted by Gasteiger charge is 1.97. The first-order valence-electron chi connectivity index (χ1n) is 3.10. The molecule has 10 heavy (non-hydrogen) atoms. The molecule has 0 aliphatic heterocycles. The van der Waals surface area contributed by atoms with Gasteiger partial charge in [0, 0.05) is 19.8 Å². The Balaban J connectivity index is 2.85. The lowest BCUT2D eigenvalue weighted by atomic mass is 10.2. The smallest absolute Gasteiger partial charge is 0.0951 e. The van der Waals surface area contributed by atoms with Gasteiger partial charge in [-0.3, -0.25) is 0 Å². The van der Waals surface area contributed by atoms with E-state index >= 15 is 0 Å². The molecular formula is C7H11N3. The molecule has 0 bridgehead atoms. The normalized spacial score (nSPS) is 9.80. The number of aromatic nitrogens is 2. The van der Waals surface area contributed by atoms with Gasteiger partial charge in [0.05, 0.1) is 12.0 Å². The van der Waals surface area contributed by atoms with E-state index in [1.54, 1.807) is 6.33 Å². The maximum atomic E-state index is 5.36. The lowest BCUT2D eigenvalue weighted by Crippen LogP contribution is -2.00. The highest BCUT2D eigenvalue weighted by Crippen LogP contribution is 2.05. The van der Waals surface area contributed by atoms with Crippen LogP contribution in [0.3, 0.4) is 0 Å². The number of imidazole rings is 1. The summed E-state index contributed by atoms with van der Waals surface area (Å²) < 4.78 is 1.87. The molecule has 54 valence electrons. The van der Waals surface area contributed by atoms with Gasteiger partial charge in [0.15, 0.2) is 0 Å². The molecule has 3 heteroatoms. The number of aryl methyl sites for hydroxylation is 1. The quantitative estimate of drug-likeness (QED) is 0.641. The summed E-state index contributed by atoms with van der Waals surface area (Å²) in [5.41, 5.74) is 7.12. The number of hydrogen-bond acceptors (Lipinski definition) is 2. The SMILES string of the molecule is C=C(CN)c1cn(C)cn1. The van der Waals surface area contributed by atoms with Crippen molar-refractivity contribution in [3.05, 3.63) is 24.8 Å². The van der Waals surface area contributed by atoms with Crippen molar-refractivity contribution >= 4 is 5.57 Å². The molecule has 0 aromatic carbocycles. The van der Waals surface area contributed by atoms with Crippen molar-refractivity contribution in [3.8, 4) is 0 Å². The van der Waals surface area contributed by atoms with Gasteiger partial charge in [-0.2, -0.15) is 0 Å². The first-order valence-corrected chi connectivity index (χ1v) is 3.10. The first kappa shape index (κ1) is 7.02. The largest absolute Gasteiger partial charge is 0.340 e. The highest BCUT2D eigenvalue weighted by atomic mass is 15.0. The van der Waals surface area contributed by atoms with Crippen molar-refractivity contribution in [1.29, 1.82) is 0 Å². The molecule has 0 aliphatic carbocycles. The van der Waals surface area contributed by atoms with Gasteiger partial charge in [-0.15, -0.1) is 0 Å². The second-order valence-electron chi connectivity index (χ2n) is 2.23. The predicted octanol–water partition coefficient (Wildman–Crippen LogP) is 0.392. The molecule has 0 unspecified atom stereocenters. The van der Waals surface area contributed by atoms with Crippen LogP contribution in [0.15, 0.2) is 19.1 Å². The molecule has 1 rings (SSSR count). The van der Waals surface area contributed by atoms with Crippen molar-refractivity contribution in [1.82, 2.24) is 9.55 Å². The second-order valence-corrected chi connectivity index (χ2v) is 2.23. The molecule has 0 fully saturated rings. The summed E-state index contributed by atoms with van der Waals surface area (Å²) in [6.45, 7) is 4.23. The van der Waals surface area contributed by atoms with Crippen molar-refractivity contribution in [2.45, 2.75) is 0 Å². The predicted molar refractivity (Wildman–Crippen MR) is 41.3 cm³/mol. The minimum absolute atomic E-state index is 0.469. The van der Waals surface area contributed by atoms with E-state index < -0.39 is 0 Å². The summed E-state index contributed by atoms with van der Waals surface area (Å²) in [6.07, 6.45) is 3.63. The van der Waals surface area contributed by atoms with Crippen LogP contribution in [-0.4, -0.2) is 16.1 Å². The summed E-state index contributed by atoms with van der Waals surface area (Å²) in [6, 6.07) is 0. The standard InChI is InChI=1S/C7H11N3/c1-6(3-8)7-4-10(2)5-9-7/h4-5H,1,3,8H2,2H3. The topological polar surface area (TPSA) is 43.8 Å². The van der Waals surface area contributed by atoms with E-state index in [1.807, 2.05) is 17.8 Å². The van der Waals surface area contributed by atoms with E-state index in [0.29, 0.717) is 6.54 Å². The number of nitrogens with zero attached hydrogens (tertiary/aromatic N) is 2. The van der Waals surface area contributed by atoms with E-state index in [1.165, 1.54) is 0 Å². The van der Waals surface area contributed by atoms with E-state index in [4.69, 9.17) is 5.73 Å². The van der Waals surface area contributed by atoms with Crippen LogP contribution in [0.4, 0.5) is 0 Å². The summed E-state index contributed by atoms with van der Waals surface area (Å²) in [5, 5.41) is 0.